The predicted molar refractivity (Wildman–Crippen MR) is 107 cm³/mol. The van der Waals surface area contributed by atoms with Gasteiger partial charge in [-0.1, -0.05) is 31.0 Å². The number of nitrogens with one attached hydrogen (secondary N) is 1. The number of benzene rings is 1. The average Bonchev–Trinajstić information content (AvgIpc) is 3.21. The fraction of sp³-hybridized carbons (Fsp3) is 0.455. The lowest BCUT2D eigenvalue weighted by atomic mass is 9.79. The summed E-state index contributed by atoms with van der Waals surface area (Å²) in [5.74, 6) is 0.861. The van der Waals surface area contributed by atoms with Crippen LogP contribution in [0.25, 0.3) is 0 Å². The third-order valence-electron chi connectivity index (χ3n) is 5.86. The minimum absolute atomic E-state index is 0.0109. The van der Waals surface area contributed by atoms with Crippen molar-refractivity contribution in [1.29, 1.82) is 0 Å². The number of amides is 2. The van der Waals surface area contributed by atoms with E-state index < -0.39 is 0 Å². The first-order chi connectivity index (χ1) is 13.1. The van der Waals surface area contributed by atoms with Gasteiger partial charge in [0.05, 0.1) is 18.8 Å². The number of carbonyl (C=O) groups excluding carboxylic acids is 1. The Bertz CT molecular complexity index is 740. The van der Waals surface area contributed by atoms with E-state index in [2.05, 4.69) is 22.4 Å². The quantitative estimate of drug-likeness (QED) is 0.828. The van der Waals surface area contributed by atoms with Crippen molar-refractivity contribution in [2.45, 2.75) is 44.1 Å². The van der Waals surface area contributed by atoms with Crippen LogP contribution in [0.4, 0.5) is 4.79 Å². The van der Waals surface area contributed by atoms with Crippen LogP contribution < -0.4 is 10.1 Å². The van der Waals surface area contributed by atoms with Crippen LogP contribution >= 0.6 is 0 Å². The molecule has 1 aromatic heterocycles. The minimum Gasteiger partial charge on any atom is -0.497 e. The molecule has 144 valence electrons. The highest BCUT2D eigenvalue weighted by Crippen LogP contribution is 2.41. The zero-order chi connectivity index (χ0) is 19.3. The number of rotatable bonds is 6. The molecule has 3 rings (SSSR count). The number of methoxy groups -OCH3 is 1. The molecule has 0 unspecified atom stereocenters. The van der Waals surface area contributed by atoms with Crippen molar-refractivity contribution in [3.8, 4) is 5.75 Å². The highest BCUT2D eigenvalue weighted by atomic mass is 16.5. The summed E-state index contributed by atoms with van der Waals surface area (Å²) >= 11 is 0. The van der Waals surface area contributed by atoms with Crippen LogP contribution in [0.1, 0.15) is 49.9 Å². The van der Waals surface area contributed by atoms with Gasteiger partial charge in [0.2, 0.25) is 0 Å². The Kier molecular flexibility index (Phi) is 5.99. The molecule has 1 fully saturated rings. The molecule has 1 saturated carbocycles. The molecule has 0 bridgehead atoms. The van der Waals surface area contributed by atoms with Crippen LogP contribution in [-0.4, -0.2) is 36.6 Å². The zero-order valence-electron chi connectivity index (χ0n) is 16.4. The van der Waals surface area contributed by atoms with E-state index >= 15 is 0 Å². The molecule has 0 radical (unpaired) electrons. The van der Waals surface area contributed by atoms with E-state index in [0.717, 1.165) is 24.3 Å². The van der Waals surface area contributed by atoms with Crippen LogP contribution in [0.3, 0.4) is 0 Å². The summed E-state index contributed by atoms with van der Waals surface area (Å²) in [4.78, 5) is 18.8. The Morgan fingerprint density at radius 2 is 1.93 bits per heavy atom. The number of hydrogen-bond donors (Lipinski definition) is 1. The summed E-state index contributed by atoms with van der Waals surface area (Å²) in [7, 11) is 3.50. The third-order valence-corrected chi connectivity index (χ3v) is 5.86. The number of pyridine rings is 1. The first-order valence-electron chi connectivity index (χ1n) is 9.62. The van der Waals surface area contributed by atoms with E-state index in [1.54, 1.807) is 18.2 Å². The van der Waals surface area contributed by atoms with Crippen molar-refractivity contribution >= 4 is 6.03 Å². The van der Waals surface area contributed by atoms with Crippen LogP contribution in [0.5, 0.6) is 5.75 Å². The molecule has 27 heavy (non-hydrogen) atoms. The summed E-state index contributed by atoms with van der Waals surface area (Å²) in [6, 6.07) is 13.9. The fourth-order valence-corrected chi connectivity index (χ4v) is 3.93. The summed E-state index contributed by atoms with van der Waals surface area (Å²) < 4.78 is 5.28. The molecule has 1 heterocycles. The molecule has 0 saturated heterocycles. The number of ether oxygens (including phenoxy) is 1. The SMILES string of the molecule is COc1ccc(C2(CNC(=O)N(C)[C@H](C)c3ccccn3)CCCC2)cc1. The second-order valence-electron chi connectivity index (χ2n) is 7.42. The van der Waals surface area contributed by atoms with Gasteiger partial charge in [-0.2, -0.15) is 0 Å². The van der Waals surface area contributed by atoms with Gasteiger partial charge in [-0.15, -0.1) is 0 Å². The van der Waals surface area contributed by atoms with Crippen LogP contribution in [0.15, 0.2) is 48.7 Å². The molecule has 1 N–H and O–H groups in total. The first kappa shape index (κ1) is 19.2. The number of nitrogens with zero attached hydrogens (tertiary/aromatic N) is 2. The lowest BCUT2D eigenvalue weighted by Gasteiger charge is -2.32. The lowest BCUT2D eigenvalue weighted by Crippen LogP contribution is -2.45. The van der Waals surface area contributed by atoms with Gasteiger partial charge in [-0.25, -0.2) is 4.79 Å². The molecule has 5 nitrogen and oxygen atoms in total. The molecule has 5 heteroatoms. The molecule has 0 spiro atoms. The van der Waals surface area contributed by atoms with Crippen molar-refractivity contribution in [3.05, 3.63) is 59.9 Å². The van der Waals surface area contributed by atoms with E-state index in [0.29, 0.717) is 6.54 Å². The number of hydrogen-bond acceptors (Lipinski definition) is 3. The maximum Gasteiger partial charge on any atom is 0.317 e. The highest BCUT2D eigenvalue weighted by molar-refractivity contribution is 5.74. The molecule has 2 aromatic rings. The molecule has 1 aliphatic carbocycles. The van der Waals surface area contributed by atoms with Crippen molar-refractivity contribution in [2.24, 2.45) is 0 Å². The van der Waals surface area contributed by atoms with Crippen molar-refractivity contribution in [2.75, 3.05) is 20.7 Å². The van der Waals surface area contributed by atoms with Gasteiger partial charge in [0.1, 0.15) is 5.75 Å². The molecular weight excluding hydrogens is 338 g/mol. The van der Waals surface area contributed by atoms with Gasteiger partial charge < -0.3 is 15.0 Å². The van der Waals surface area contributed by atoms with Crippen LogP contribution in [0.2, 0.25) is 0 Å². The lowest BCUT2D eigenvalue weighted by molar-refractivity contribution is 0.190. The summed E-state index contributed by atoms with van der Waals surface area (Å²) in [5, 5.41) is 3.17. The van der Waals surface area contributed by atoms with Gasteiger partial charge in [-0.3, -0.25) is 4.98 Å². The molecule has 0 aliphatic heterocycles. The normalized spacial score (nSPS) is 16.6. The van der Waals surface area contributed by atoms with Crippen LogP contribution in [0, 0.1) is 0 Å². The smallest absolute Gasteiger partial charge is 0.317 e. The first-order valence-corrected chi connectivity index (χ1v) is 9.62. The maximum absolute atomic E-state index is 12.8. The zero-order valence-corrected chi connectivity index (χ0v) is 16.4. The van der Waals surface area contributed by atoms with Crippen molar-refractivity contribution < 1.29 is 9.53 Å². The van der Waals surface area contributed by atoms with Crippen LogP contribution in [-0.2, 0) is 5.41 Å². The van der Waals surface area contributed by atoms with Gasteiger partial charge in [0, 0.05) is 25.2 Å². The molecule has 1 atom stereocenters. The third kappa shape index (κ3) is 4.24. The van der Waals surface area contributed by atoms with Gasteiger partial charge in [0.25, 0.3) is 0 Å². The van der Waals surface area contributed by atoms with Gasteiger partial charge in [-0.05, 0) is 49.6 Å². The van der Waals surface area contributed by atoms with Crippen molar-refractivity contribution in [1.82, 2.24) is 15.2 Å². The Morgan fingerprint density at radius 1 is 1.22 bits per heavy atom. The van der Waals surface area contributed by atoms with E-state index in [4.69, 9.17) is 4.74 Å². The summed E-state index contributed by atoms with van der Waals surface area (Å²) in [6.07, 6.45) is 6.34. The van der Waals surface area contributed by atoms with Gasteiger partial charge in [0.15, 0.2) is 0 Å². The predicted octanol–water partition coefficient (Wildman–Crippen LogP) is 4.30. The Balaban J connectivity index is 1.67. The highest BCUT2D eigenvalue weighted by Gasteiger charge is 2.36. The monoisotopic (exact) mass is 367 g/mol. The largest absolute Gasteiger partial charge is 0.497 e. The molecular formula is C22H29N3O2. The average molecular weight is 367 g/mol. The number of urea groups is 1. The second kappa shape index (κ2) is 8.42. The van der Waals surface area contributed by atoms with E-state index in [1.807, 2.05) is 44.3 Å². The Labute approximate surface area is 161 Å². The van der Waals surface area contributed by atoms with Gasteiger partial charge >= 0.3 is 6.03 Å². The minimum atomic E-state index is -0.0771. The second-order valence-corrected chi connectivity index (χ2v) is 7.42. The van der Waals surface area contributed by atoms with E-state index in [-0.39, 0.29) is 17.5 Å². The standard InChI is InChI=1S/C22H29N3O2/c1-17(20-8-4-7-15-23-20)25(2)21(26)24-16-22(13-5-6-14-22)18-9-11-19(27-3)12-10-18/h4,7-12,15,17H,5-6,13-14,16H2,1-3H3,(H,24,26)/t17-/m1/s1. The van der Waals surface area contributed by atoms with E-state index in [9.17, 15) is 4.79 Å². The summed E-state index contributed by atoms with van der Waals surface area (Å²) in [5.41, 5.74) is 2.18. The number of carbonyl (C=O) groups is 1. The topological polar surface area (TPSA) is 54.5 Å². The van der Waals surface area contributed by atoms with E-state index in [1.165, 1.54) is 18.4 Å². The fourth-order valence-electron chi connectivity index (χ4n) is 3.93. The number of aromatic nitrogens is 1. The molecule has 1 aromatic carbocycles. The maximum atomic E-state index is 12.8. The summed E-state index contributed by atoms with van der Waals surface area (Å²) in [6.45, 7) is 2.65. The van der Waals surface area contributed by atoms with Crippen molar-refractivity contribution in [3.63, 3.8) is 0 Å². The Morgan fingerprint density at radius 3 is 2.52 bits per heavy atom. The molecule has 1 aliphatic rings. The Hall–Kier alpha value is -2.56. The molecule has 2 amide bonds.